The van der Waals surface area contributed by atoms with E-state index < -0.39 is 35.6 Å². The van der Waals surface area contributed by atoms with Gasteiger partial charge >= 0.3 is 6.09 Å². The number of aryl methyl sites for hydroxylation is 1. The van der Waals surface area contributed by atoms with Gasteiger partial charge < -0.3 is 15.4 Å². The molecule has 0 aliphatic rings. The Morgan fingerprint density at radius 1 is 1.05 bits per heavy atom. The lowest BCUT2D eigenvalue weighted by atomic mass is 9.96. The van der Waals surface area contributed by atoms with E-state index in [-0.39, 0.29) is 5.92 Å². The van der Waals surface area contributed by atoms with Crippen LogP contribution in [0.3, 0.4) is 0 Å². The van der Waals surface area contributed by atoms with E-state index in [2.05, 4.69) is 22.6 Å². The van der Waals surface area contributed by atoms with Gasteiger partial charge in [0, 0.05) is 17.3 Å². The second-order valence-corrected chi connectivity index (χ2v) is 9.82. The number of para-hydroxylation sites is 1. The second-order valence-electron chi connectivity index (χ2n) is 9.82. The van der Waals surface area contributed by atoms with Gasteiger partial charge in [0.25, 0.3) is 11.8 Å². The van der Waals surface area contributed by atoms with Crippen molar-refractivity contribution in [2.45, 2.75) is 65.6 Å². The highest BCUT2D eigenvalue weighted by Gasteiger charge is 2.38. The molecular weight excluding hydrogens is 466 g/mol. The first-order valence-corrected chi connectivity index (χ1v) is 12.1. The number of hydrogen-bond donors (Lipinski definition) is 2. The number of nitrogens with one attached hydrogen (secondary N) is 2. The van der Waals surface area contributed by atoms with Crippen molar-refractivity contribution in [1.29, 1.82) is 0 Å². The summed E-state index contributed by atoms with van der Waals surface area (Å²) in [6.07, 6.45) is 11.2. The van der Waals surface area contributed by atoms with E-state index in [0.717, 1.165) is 10.5 Å². The Morgan fingerprint density at radius 3 is 2.19 bits per heavy atom. The lowest BCUT2D eigenvalue weighted by molar-refractivity contribution is -0.137. The van der Waals surface area contributed by atoms with E-state index in [1.165, 1.54) is 0 Å². The third-order valence-corrected chi connectivity index (χ3v) is 5.83. The monoisotopic (exact) mass is 501 g/mol. The van der Waals surface area contributed by atoms with E-state index in [9.17, 15) is 14.4 Å². The Bertz CT molecular complexity index is 1200. The molecule has 194 valence electrons. The number of carbonyl (C=O) groups excluding carboxylic acids is 3. The smallest absolute Gasteiger partial charge is 0.408 e. The standard InChI is InChI=1S/C30H35N3O4/c1-9-20(4)25(32-29(36)37-30(6,7)8)28(35)33(11-3)26(23-18-16-22(10-2)17-19-23)27(34)31-24-15-13-12-14-21(24)5/h2-3,12-20,25-26H,9H2,1,4-8H3,(H,31,34)(H,32,36). The summed E-state index contributed by atoms with van der Waals surface area (Å²) >= 11 is 0. The summed E-state index contributed by atoms with van der Waals surface area (Å²) in [5, 5.41) is 5.54. The summed E-state index contributed by atoms with van der Waals surface area (Å²) in [6, 6.07) is 14.1. The fourth-order valence-corrected chi connectivity index (χ4v) is 3.63. The quantitative estimate of drug-likeness (QED) is 0.393. The van der Waals surface area contributed by atoms with Crippen LogP contribution in [0.5, 0.6) is 0 Å². The molecule has 0 fully saturated rings. The maximum absolute atomic E-state index is 13.8. The van der Waals surface area contributed by atoms with Crippen LogP contribution in [0.15, 0.2) is 48.5 Å². The molecule has 7 heteroatoms. The van der Waals surface area contributed by atoms with Gasteiger partial charge in [-0.2, -0.15) is 0 Å². The van der Waals surface area contributed by atoms with E-state index in [0.29, 0.717) is 23.2 Å². The van der Waals surface area contributed by atoms with E-state index in [4.69, 9.17) is 17.6 Å². The Labute approximate surface area is 220 Å². The Morgan fingerprint density at radius 2 is 1.68 bits per heavy atom. The zero-order valence-electron chi connectivity index (χ0n) is 22.3. The van der Waals surface area contributed by atoms with Crippen molar-refractivity contribution in [3.63, 3.8) is 0 Å². The molecule has 2 rings (SSSR count). The van der Waals surface area contributed by atoms with Crippen molar-refractivity contribution >= 4 is 23.6 Å². The van der Waals surface area contributed by atoms with Crippen molar-refractivity contribution in [1.82, 2.24) is 10.2 Å². The number of ether oxygens (including phenoxy) is 1. The summed E-state index contributed by atoms with van der Waals surface area (Å²) in [6.45, 7) is 10.8. The van der Waals surface area contributed by atoms with Crippen molar-refractivity contribution in [3.05, 3.63) is 65.2 Å². The highest BCUT2D eigenvalue weighted by molar-refractivity contribution is 6.00. The maximum atomic E-state index is 13.8. The van der Waals surface area contributed by atoms with Gasteiger partial charge in [-0.15, -0.1) is 6.42 Å². The van der Waals surface area contributed by atoms with Crippen molar-refractivity contribution in [2.24, 2.45) is 5.92 Å². The summed E-state index contributed by atoms with van der Waals surface area (Å²) in [5.74, 6) is 1.13. The van der Waals surface area contributed by atoms with Crippen LogP contribution < -0.4 is 10.6 Å². The summed E-state index contributed by atoms with van der Waals surface area (Å²) in [7, 11) is 0. The lowest BCUT2D eigenvalue weighted by Crippen LogP contribution is -2.53. The van der Waals surface area contributed by atoms with Crippen molar-refractivity contribution in [3.8, 4) is 24.8 Å². The molecule has 3 unspecified atom stereocenters. The van der Waals surface area contributed by atoms with Crippen LogP contribution in [0.1, 0.15) is 63.8 Å². The van der Waals surface area contributed by atoms with Gasteiger partial charge in [0.05, 0.1) is 0 Å². The molecular formula is C30H35N3O4. The number of rotatable bonds is 8. The fourth-order valence-electron chi connectivity index (χ4n) is 3.63. The van der Waals surface area contributed by atoms with Crippen LogP contribution in [0, 0.1) is 37.7 Å². The van der Waals surface area contributed by atoms with Gasteiger partial charge in [-0.3, -0.25) is 14.5 Å². The molecule has 0 radical (unpaired) electrons. The van der Waals surface area contributed by atoms with Gasteiger partial charge in [0.2, 0.25) is 0 Å². The molecule has 0 aliphatic carbocycles. The number of amides is 3. The first-order chi connectivity index (χ1) is 17.4. The normalized spacial score (nSPS) is 13.2. The third-order valence-electron chi connectivity index (χ3n) is 5.83. The predicted molar refractivity (Wildman–Crippen MR) is 145 cm³/mol. The summed E-state index contributed by atoms with van der Waals surface area (Å²) in [4.78, 5) is 41.1. The van der Waals surface area contributed by atoms with E-state index in [1.807, 2.05) is 32.9 Å². The van der Waals surface area contributed by atoms with Crippen LogP contribution in [0.2, 0.25) is 0 Å². The summed E-state index contributed by atoms with van der Waals surface area (Å²) in [5.41, 5.74) is 1.77. The van der Waals surface area contributed by atoms with E-state index in [1.54, 1.807) is 57.2 Å². The largest absolute Gasteiger partial charge is 0.444 e. The molecule has 7 nitrogen and oxygen atoms in total. The number of carbonyl (C=O) groups is 3. The number of nitrogens with zero attached hydrogens (tertiary/aromatic N) is 1. The Hall–Kier alpha value is -4.23. The Balaban J connectivity index is 2.51. The molecule has 0 spiro atoms. The average molecular weight is 502 g/mol. The Kier molecular flexibility index (Phi) is 9.91. The maximum Gasteiger partial charge on any atom is 0.408 e. The van der Waals surface area contributed by atoms with Crippen LogP contribution in [-0.4, -0.2) is 34.5 Å². The molecule has 0 saturated heterocycles. The molecule has 0 bridgehead atoms. The van der Waals surface area contributed by atoms with Crippen molar-refractivity contribution in [2.75, 3.05) is 5.32 Å². The molecule has 2 N–H and O–H groups in total. The van der Waals surface area contributed by atoms with Gasteiger partial charge in [0.1, 0.15) is 17.7 Å². The van der Waals surface area contributed by atoms with Gasteiger partial charge in [-0.05, 0) is 62.9 Å². The summed E-state index contributed by atoms with van der Waals surface area (Å²) < 4.78 is 5.37. The topological polar surface area (TPSA) is 87.7 Å². The van der Waals surface area contributed by atoms with Crippen LogP contribution in [0.4, 0.5) is 10.5 Å². The van der Waals surface area contributed by atoms with Gasteiger partial charge in [-0.1, -0.05) is 62.9 Å². The minimum atomic E-state index is -1.18. The minimum Gasteiger partial charge on any atom is -0.444 e. The average Bonchev–Trinajstić information content (AvgIpc) is 2.85. The zero-order valence-corrected chi connectivity index (χ0v) is 22.3. The molecule has 0 aromatic heterocycles. The number of terminal acetylenes is 2. The number of benzene rings is 2. The van der Waals surface area contributed by atoms with Crippen molar-refractivity contribution < 1.29 is 19.1 Å². The predicted octanol–water partition coefficient (Wildman–Crippen LogP) is 5.01. The molecule has 2 aromatic carbocycles. The molecule has 0 heterocycles. The van der Waals surface area contributed by atoms with E-state index >= 15 is 0 Å². The molecule has 3 amide bonds. The fraction of sp³-hybridized carbons (Fsp3) is 0.367. The van der Waals surface area contributed by atoms with Gasteiger partial charge in [0.15, 0.2) is 0 Å². The second kappa shape index (κ2) is 12.6. The lowest BCUT2D eigenvalue weighted by Gasteiger charge is -2.32. The number of anilines is 1. The van der Waals surface area contributed by atoms with Gasteiger partial charge in [-0.25, -0.2) is 4.79 Å². The highest BCUT2D eigenvalue weighted by Crippen LogP contribution is 2.26. The molecule has 3 atom stereocenters. The first kappa shape index (κ1) is 29.0. The van der Waals surface area contributed by atoms with Crippen LogP contribution in [-0.2, 0) is 14.3 Å². The minimum absolute atomic E-state index is 0.292. The number of alkyl carbamates (subject to hydrolysis) is 1. The first-order valence-electron chi connectivity index (χ1n) is 12.1. The SMILES string of the molecule is C#Cc1ccc(C(C(=O)Nc2ccccc2C)N(C#C)C(=O)C(NC(=O)OC(C)(C)C)C(C)CC)cc1. The van der Waals surface area contributed by atoms with Crippen LogP contribution >= 0.6 is 0 Å². The molecule has 0 saturated carbocycles. The molecule has 37 heavy (non-hydrogen) atoms. The number of hydrogen-bond acceptors (Lipinski definition) is 4. The third kappa shape index (κ3) is 7.88. The molecule has 0 aliphatic heterocycles. The highest BCUT2D eigenvalue weighted by atomic mass is 16.6. The van der Waals surface area contributed by atoms with Crippen LogP contribution in [0.25, 0.3) is 0 Å². The zero-order chi connectivity index (χ0) is 27.8. The molecule has 2 aromatic rings.